The van der Waals surface area contributed by atoms with Crippen molar-refractivity contribution in [2.24, 2.45) is 0 Å². The van der Waals surface area contributed by atoms with Crippen LogP contribution in [-0.4, -0.2) is 55.0 Å². The van der Waals surface area contributed by atoms with Crippen LogP contribution in [0.1, 0.15) is 30.0 Å². The lowest BCUT2D eigenvalue weighted by Crippen LogP contribution is -2.46. The molecule has 0 bridgehead atoms. The molecule has 0 saturated carbocycles. The maximum atomic E-state index is 12.2. The molecule has 22 heavy (non-hydrogen) atoms. The summed E-state index contributed by atoms with van der Waals surface area (Å²) in [6.45, 7) is 14.8. The minimum absolute atomic E-state index is 0.118. The summed E-state index contributed by atoms with van der Waals surface area (Å²) in [6.07, 6.45) is 0.568. The number of carbonyl (C=O) groups is 1. The molecule has 0 aliphatic carbocycles. The van der Waals surface area contributed by atoms with Gasteiger partial charge in [0, 0.05) is 44.8 Å². The van der Waals surface area contributed by atoms with E-state index in [4.69, 9.17) is 0 Å². The molecule has 1 aliphatic rings. The predicted octanol–water partition coefficient (Wildman–Crippen LogP) is 2.58. The highest BCUT2D eigenvalue weighted by Gasteiger charge is 2.16. The third-order valence-electron chi connectivity index (χ3n) is 4.51. The quantitative estimate of drug-likeness (QED) is 0.908. The van der Waals surface area contributed by atoms with Gasteiger partial charge in [0.25, 0.3) is 0 Å². The molecule has 0 atom stereocenters. The molecule has 2 rings (SSSR count). The summed E-state index contributed by atoms with van der Waals surface area (Å²) in [5.41, 5.74) is 4.50. The Balaban J connectivity index is 1.82. The van der Waals surface area contributed by atoms with Crippen LogP contribution in [0.15, 0.2) is 12.1 Å². The monoisotopic (exact) mass is 303 g/mol. The van der Waals surface area contributed by atoms with Crippen LogP contribution in [-0.2, 0) is 4.79 Å². The molecule has 1 fully saturated rings. The Morgan fingerprint density at radius 1 is 1.05 bits per heavy atom. The van der Waals surface area contributed by atoms with Gasteiger partial charge >= 0.3 is 0 Å². The first-order valence-corrected chi connectivity index (χ1v) is 8.32. The Hall–Kier alpha value is -1.39. The predicted molar refractivity (Wildman–Crippen MR) is 92.5 cm³/mol. The van der Waals surface area contributed by atoms with E-state index in [9.17, 15) is 4.79 Å². The van der Waals surface area contributed by atoms with E-state index in [1.807, 2.05) is 0 Å². The maximum absolute atomic E-state index is 12.2. The van der Waals surface area contributed by atoms with Gasteiger partial charge in [-0.05, 0) is 38.4 Å². The molecule has 0 spiro atoms. The fraction of sp³-hybridized carbons (Fsp3) is 0.611. The number of likely N-dealkylation sites (N-methyl/N-ethyl adjacent to an activating group) is 1. The van der Waals surface area contributed by atoms with Gasteiger partial charge in [-0.15, -0.1) is 0 Å². The molecule has 0 radical (unpaired) electrons. The van der Waals surface area contributed by atoms with Crippen molar-refractivity contribution >= 4 is 11.6 Å². The van der Waals surface area contributed by atoms with Gasteiger partial charge in [-0.25, -0.2) is 0 Å². The Bertz CT molecular complexity index is 496. The largest absolute Gasteiger partial charge is 0.326 e. The van der Waals surface area contributed by atoms with Gasteiger partial charge in [0.2, 0.25) is 5.91 Å². The molecule has 0 aromatic heterocycles. The summed E-state index contributed by atoms with van der Waals surface area (Å²) in [7, 11) is 0. The third kappa shape index (κ3) is 4.55. The highest BCUT2D eigenvalue weighted by Crippen LogP contribution is 2.22. The standard InChI is InChI=1S/C18H29N3O/c1-5-20-8-10-21(11-9-20)7-6-17(22)19-18-15(3)12-14(2)13-16(18)4/h12-13H,5-11H2,1-4H3,(H,19,22). The zero-order valence-corrected chi connectivity index (χ0v) is 14.4. The summed E-state index contributed by atoms with van der Waals surface area (Å²) >= 11 is 0. The summed E-state index contributed by atoms with van der Waals surface area (Å²) in [4.78, 5) is 17.1. The van der Waals surface area contributed by atoms with Crippen molar-refractivity contribution in [3.05, 3.63) is 28.8 Å². The average Bonchev–Trinajstić information content (AvgIpc) is 2.49. The van der Waals surface area contributed by atoms with Gasteiger partial charge in [0.15, 0.2) is 0 Å². The highest BCUT2D eigenvalue weighted by atomic mass is 16.1. The van der Waals surface area contributed by atoms with Gasteiger partial charge in [-0.3, -0.25) is 4.79 Å². The number of hydrogen-bond donors (Lipinski definition) is 1. The fourth-order valence-corrected chi connectivity index (χ4v) is 3.17. The molecule has 4 heteroatoms. The number of anilines is 1. The highest BCUT2D eigenvalue weighted by molar-refractivity contribution is 5.92. The van der Waals surface area contributed by atoms with Gasteiger partial charge in [0.05, 0.1) is 0 Å². The van der Waals surface area contributed by atoms with Crippen molar-refractivity contribution in [1.82, 2.24) is 9.80 Å². The van der Waals surface area contributed by atoms with Crippen molar-refractivity contribution in [3.63, 3.8) is 0 Å². The van der Waals surface area contributed by atoms with Crippen molar-refractivity contribution in [2.45, 2.75) is 34.1 Å². The zero-order valence-electron chi connectivity index (χ0n) is 14.4. The lowest BCUT2D eigenvalue weighted by molar-refractivity contribution is -0.116. The van der Waals surface area contributed by atoms with E-state index in [1.165, 1.54) is 5.56 Å². The molecule has 4 nitrogen and oxygen atoms in total. The Morgan fingerprint density at radius 2 is 1.59 bits per heavy atom. The first kappa shape index (κ1) is 17.0. The summed E-state index contributed by atoms with van der Waals surface area (Å²) < 4.78 is 0. The van der Waals surface area contributed by atoms with Gasteiger partial charge < -0.3 is 15.1 Å². The smallest absolute Gasteiger partial charge is 0.225 e. The fourth-order valence-electron chi connectivity index (χ4n) is 3.17. The van der Waals surface area contributed by atoms with E-state index < -0.39 is 0 Å². The van der Waals surface area contributed by atoms with Gasteiger partial charge in [0.1, 0.15) is 0 Å². The SMILES string of the molecule is CCN1CCN(CCC(=O)Nc2c(C)cc(C)cc2C)CC1. The van der Waals surface area contributed by atoms with E-state index in [2.05, 4.69) is 54.9 Å². The number of carbonyl (C=O) groups excluding carboxylic acids is 1. The molecule has 1 aromatic carbocycles. The van der Waals surface area contributed by atoms with Crippen LogP contribution in [0.2, 0.25) is 0 Å². The number of amides is 1. The molecule has 1 saturated heterocycles. The normalized spacial score (nSPS) is 16.7. The third-order valence-corrected chi connectivity index (χ3v) is 4.51. The first-order chi connectivity index (χ1) is 10.5. The number of nitrogens with one attached hydrogen (secondary N) is 1. The summed E-state index contributed by atoms with van der Waals surface area (Å²) in [6, 6.07) is 4.24. The van der Waals surface area contributed by atoms with E-state index >= 15 is 0 Å². The molecule has 1 amide bonds. The minimum Gasteiger partial charge on any atom is -0.326 e. The lowest BCUT2D eigenvalue weighted by Gasteiger charge is -2.33. The van der Waals surface area contributed by atoms with Crippen LogP contribution in [0.25, 0.3) is 0 Å². The maximum Gasteiger partial charge on any atom is 0.225 e. The van der Waals surface area contributed by atoms with Crippen molar-refractivity contribution in [2.75, 3.05) is 44.6 Å². The number of nitrogens with zero attached hydrogens (tertiary/aromatic N) is 2. The Labute approximate surface area is 134 Å². The van der Waals surface area contributed by atoms with Crippen molar-refractivity contribution in [1.29, 1.82) is 0 Å². The molecule has 0 unspecified atom stereocenters. The summed E-state index contributed by atoms with van der Waals surface area (Å²) in [5, 5.41) is 3.09. The van der Waals surface area contributed by atoms with Gasteiger partial charge in [-0.2, -0.15) is 0 Å². The van der Waals surface area contributed by atoms with E-state index in [0.29, 0.717) is 6.42 Å². The topological polar surface area (TPSA) is 35.6 Å². The molecule has 122 valence electrons. The van der Waals surface area contributed by atoms with Gasteiger partial charge in [-0.1, -0.05) is 24.6 Å². The van der Waals surface area contributed by atoms with E-state index in [0.717, 1.165) is 56.1 Å². The number of piperazine rings is 1. The molecule has 1 aromatic rings. The van der Waals surface area contributed by atoms with Crippen molar-refractivity contribution in [3.8, 4) is 0 Å². The lowest BCUT2D eigenvalue weighted by atomic mass is 10.0. The zero-order chi connectivity index (χ0) is 16.1. The van der Waals surface area contributed by atoms with E-state index in [1.54, 1.807) is 0 Å². The first-order valence-electron chi connectivity index (χ1n) is 8.32. The molecule has 1 heterocycles. The van der Waals surface area contributed by atoms with Crippen LogP contribution < -0.4 is 5.32 Å². The number of aryl methyl sites for hydroxylation is 3. The van der Waals surface area contributed by atoms with Crippen molar-refractivity contribution < 1.29 is 4.79 Å². The number of benzene rings is 1. The molecule has 1 N–H and O–H groups in total. The van der Waals surface area contributed by atoms with Crippen LogP contribution >= 0.6 is 0 Å². The van der Waals surface area contributed by atoms with E-state index in [-0.39, 0.29) is 5.91 Å². The Morgan fingerprint density at radius 3 is 2.14 bits per heavy atom. The molecule has 1 aliphatic heterocycles. The minimum atomic E-state index is 0.118. The molecular weight excluding hydrogens is 274 g/mol. The second-order valence-electron chi connectivity index (χ2n) is 6.35. The second kappa shape index (κ2) is 7.75. The van der Waals surface area contributed by atoms with Crippen LogP contribution in [0.3, 0.4) is 0 Å². The van der Waals surface area contributed by atoms with Crippen LogP contribution in [0.5, 0.6) is 0 Å². The summed E-state index contributed by atoms with van der Waals surface area (Å²) in [5.74, 6) is 0.118. The molecular formula is C18H29N3O. The number of rotatable bonds is 5. The number of hydrogen-bond acceptors (Lipinski definition) is 3. The van der Waals surface area contributed by atoms with Crippen LogP contribution in [0, 0.1) is 20.8 Å². The van der Waals surface area contributed by atoms with Crippen LogP contribution in [0.4, 0.5) is 5.69 Å². The second-order valence-corrected chi connectivity index (χ2v) is 6.35. The average molecular weight is 303 g/mol. The Kier molecular flexibility index (Phi) is 5.98.